The lowest BCUT2D eigenvalue weighted by atomic mass is 10.1. The summed E-state index contributed by atoms with van der Waals surface area (Å²) < 4.78 is 12.8. The Bertz CT molecular complexity index is 1010. The van der Waals surface area contributed by atoms with Crippen LogP contribution >= 0.6 is 11.8 Å². The lowest BCUT2D eigenvalue weighted by Gasteiger charge is -2.16. The van der Waals surface area contributed by atoms with Crippen molar-refractivity contribution < 1.29 is 9.26 Å². The Labute approximate surface area is 167 Å². The number of nitrogens with zero attached hydrogens (tertiary/aromatic N) is 4. The van der Waals surface area contributed by atoms with E-state index in [1.165, 1.54) is 11.8 Å². The Morgan fingerprint density at radius 2 is 2.14 bits per heavy atom. The molecule has 0 saturated carbocycles. The molecule has 7 nitrogen and oxygen atoms in total. The van der Waals surface area contributed by atoms with E-state index in [0.717, 1.165) is 25.9 Å². The van der Waals surface area contributed by atoms with E-state index in [0.29, 0.717) is 46.0 Å². The number of ether oxygens (including phenoxy) is 1. The van der Waals surface area contributed by atoms with Gasteiger partial charge in [0, 0.05) is 13.0 Å². The molecule has 1 aromatic carbocycles. The van der Waals surface area contributed by atoms with Gasteiger partial charge in [-0.1, -0.05) is 42.9 Å². The SMILES string of the molecule is CC(C)Cc1noc(CSc2nc3ccccc3c(=O)n2CC2CCCO2)n1. The largest absolute Gasteiger partial charge is 0.376 e. The summed E-state index contributed by atoms with van der Waals surface area (Å²) in [6.07, 6.45) is 2.84. The van der Waals surface area contributed by atoms with E-state index < -0.39 is 0 Å². The fourth-order valence-electron chi connectivity index (χ4n) is 3.33. The van der Waals surface area contributed by atoms with E-state index >= 15 is 0 Å². The minimum atomic E-state index is -0.0328. The van der Waals surface area contributed by atoms with Gasteiger partial charge in [0.15, 0.2) is 11.0 Å². The molecular weight excluding hydrogens is 376 g/mol. The molecular formula is C20H24N4O3S. The maximum absolute atomic E-state index is 13.1. The number of para-hydroxylation sites is 1. The molecule has 148 valence electrons. The third-order valence-electron chi connectivity index (χ3n) is 4.66. The maximum Gasteiger partial charge on any atom is 0.262 e. The van der Waals surface area contributed by atoms with Crippen molar-refractivity contribution >= 4 is 22.7 Å². The van der Waals surface area contributed by atoms with Crippen LogP contribution in [0.5, 0.6) is 0 Å². The van der Waals surface area contributed by atoms with Crippen molar-refractivity contribution in [3.8, 4) is 0 Å². The molecule has 1 saturated heterocycles. The fourth-order valence-corrected chi connectivity index (χ4v) is 4.18. The quantitative estimate of drug-likeness (QED) is 0.444. The maximum atomic E-state index is 13.1. The number of fused-ring (bicyclic) bond motifs is 1. The highest BCUT2D eigenvalue weighted by molar-refractivity contribution is 7.98. The minimum absolute atomic E-state index is 0.0328. The summed E-state index contributed by atoms with van der Waals surface area (Å²) >= 11 is 1.44. The summed E-state index contributed by atoms with van der Waals surface area (Å²) in [5, 5.41) is 5.32. The summed E-state index contributed by atoms with van der Waals surface area (Å²) in [4.78, 5) is 22.2. The molecule has 1 unspecified atom stereocenters. The van der Waals surface area contributed by atoms with Gasteiger partial charge in [-0.3, -0.25) is 9.36 Å². The van der Waals surface area contributed by atoms with Gasteiger partial charge < -0.3 is 9.26 Å². The zero-order valence-electron chi connectivity index (χ0n) is 16.1. The number of hydrogen-bond donors (Lipinski definition) is 0. The Morgan fingerprint density at radius 3 is 2.93 bits per heavy atom. The zero-order valence-corrected chi connectivity index (χ0v) is 16.9. The smallest absolute Gasteiger partial charge is 0.262 e. The van der Waals surface area contributed by atoms with Crippen molar-refractivity contribution in [3.63, 3.8) is 0 Å². The van der Waals surface area contributed by atoms with Crippen molar-refractivity contribution in [2.24, 2.45) is 5.92 Å². The van der Waals surface area contributed by atoms with E-state index in [1.54, 1.807) is 4.57 Å². The van der Waals surface area contributed by atoms with Crippen LogP contribution in [0.15, 0.2) is 38.7 Å². The highest BCUT2D eigenvalue weighted by Crippen LogP contribution is 2.23. The van der Waals surface area contributed by atoms with E-state index in [9.17, 15) is 4.79 Å². The van der Waals surface area contributed by atoms with Crippen LogP contribution in [-0.2, 0) is 23.5 Å². The zero-order chi connectivity index (χ0) is 19.5. The summed E-state index contributed by atoms with van der Waals surface area (Å²) in [6.45, 7) is 5.51. The van der Waals surface area contributed by atoms with E-state index in [1.807, 2.05) is 24.3 Å². The number of aromatic nitrogens is 4. The van der Waals surface area contributed by atoms with E-state index in [-0.39, 0.29) is 11.7 Å². The second kappa shape index (κ2) is 8.45. The van der Waals surface area contributed by atoms with Gasteiger partial charge in [0.2, 0.25) is 5.89 Å². The van der Waals surface area contributed by atoms with Crippen molar-refractivity contribution in [2.45, 2.75) is 56.7 Å². The Morgan fingerprint density at radius 1 is 1.29 bits per heavy atom. The number of hydrogen-bond acceptors (Lipinski definition) is 7. The van der Waals surface area contributed by atoms with Crippen LogP contribution in [0.25, 0.3) is 10.9 Å². The monoisotopic (exact) mass is 400 g/mol. The van der Waals surface area contributed by atoms with Crippen molar-refractivity contribution in [2.75, 3.05) is 6.61 Å². The Hall–Kier alpha value is -2.19. The lowest BCUT2D eigenvalue weighted by Crippen LogP contribution is -2.28. The molecule has 0 aliphatic carbocycles. The number of rotatable bonds is 7. The molecule has 1 aliphatic heterocycles. The molecule has 1 atom stereocenters. The normalized spacial score (nSPS) is 17.0. The first-order chi connectivity index (χ1) is 13.6. The molecule has 8 heteroatoms. The van der Waals surface area contributed by atoms with Crippen LogP contribution in [0.1, 0.15) is 38.4 Å². The first kappa shape index (κ1) is 19.1. The van der Waals surface area contributed by atoms with Crippen LogP contribution in [0, 0.1) is 5.92 Å². The number of benzene rings is 1. The third-order valence-corrected chi connectivity index (χ3v) is 5.62. The van der Waals surface area contributed by atoms with Crippen LogP contribution in [0.3, 0.4) is 0 Å². The highest BCUT2D eigenvalue weighted by atomic mass is 32.2. The second-order valence-electron chi connectivity index (χ2n) is 7.45. The molecule has 3 aromatic rings. The lowest BCUT2D eigenvalue weighted by molar-refractivity contribution is 0.0937. The van der Waals surface area contributed by atoms with Crippen molar-refractivity contribution in [1.82, 2.24) is 19.7 Å². The fraction of sp³-hybridized carbons (Fsp3) is 0.500. The summed E-state index contributed by atoms with van der Waals surface area (Å²) in [5.74, 6) is 2.21. The van der Waals surface area contributed by atoms with Gasteiger partial charge in [0.05, 0.1) is 29.3 Å². The topological polar surface area (TPSA) is 83.0 Å². The first-order valence-corrected chi connectivity index (χ1v) is 10.6. The molecule has 2 aromatic heterocycles. The van der Waals surface area contributed by atoms with Gasteiger partial charge in [-0.05, 0) is 30.9 Å². The minimum Gasteiger partial charge on any atom is -0.376 e. The molecule has 3 heterocycles. The van der Waals surface area contributed by atoms with Gasteiger partial charge in [0.1, 0.15) is 0 Å². The molecule has 0 amide bonds. The Kier molecular flexibility index (Phi) is 5.77. The van der Waals surface area contributed by atoms with Crippen LogP contribution in [-0.4, -0.2) is 32.4 Å². The van der Waals surface area contributed by atoms with E-state index in [4.69, 9.17) is 14.2 Å². The third kappa shape index (κ3) is 4.28. The molecule has 1 fully saturated rings. The van der Waals surface area contributed by atoms with E-state index in [2.05, 4.69) is 24.0 Å². The number of thioether (sulfide) groups is 1. The van der Waals surface area contributed by atoms with Crippen LogP contribution in [0.4, 0.5) is 0 Å². The van der Waals surface area contributed by atoms with Gasteiger partial charge in [-0.2, -0.15) is 4.98 Å². The summed E-state index contributed by atoms with van der Waals surface area (Å²) in [6, 6.07) is 7.44. The molecule has 0 radical (unpaired) electrons. The van der Waals surface area contributed by atoms with Gasteiger partial charge in [-0.15, -0.1) is 0 Å². The molecule has 4 rings (SSSR count). The van der Waals surface area contributed by atoms with Crippen LogP contribution < -0.4 is 5.56 Å². The first-order valence-electron chi connectivity index (χ1n) is 9.65. The van der Waals surface area contributed by atoms with Gasteiger partial charge >= 0.3 is 0 Å². The predicted molar refractivity (Wildman–Crippen MR) is 107 cm³/mol. The molecule has 1 aliphatic rings. The molecule has 0 N–H and O–H groups in total. The molecule has 0 spiro atoms. The summed E-state index contributed by atoms with van der Waals surface area (Å²) in [7, 11) is 0. The van der Waals surface area contributed by atoms with Crippen molar-refractivity contribution in [3.05, 3.63) is 46.3 Å². The average Bonchev–Trinajstić information content (AvgIpc) is 3.34. The molecule has 28 heavy (non-hydrogen) atoms. The summed E-state index contributed by atoms with van der Waals surface area (Å²) in [5.41, 5.74) is 0.666. The van der Waals surface area contributed by atoms with Gasteiger partial charge in [-0.25, -0.2) is 4.98 Å². The second-order valence-corrected chi connectivity index (χ2v) is 8.40. The van der Waals surface area contributed by atoms with Crippen LogP contribution in [0.2, 0.25) is 0 Å². The Balaban J connectivity index is 1.60. The predicted octanol–water partition coefficient (Wildman–Crippen LogP) is 3.45. The van der Waals surface area contributed by atoms with Gasteiger partial charge in [0.25, 0.3) is 5.56 Å². The standard InChI is InChI=1S/C20H24N4O3S/c1-13(2)10-17-22-18(27-23-17)12-28-20-21-16-8-4-3-7-15(16)19(25)24(20)11-14-6-5-9-26-14/h3-4,7-8,13-14H,5-6,9-12H2,1-2H3. The molecule has 0 bridgehead atoms. The van der Waals surface area contributed by atoms with Crippen molar-refractivity contribution in [1.29, 1.82) is 0 Å². The average molecular weight is 401 g/mol. The highest BCUT2D eigenvalue weighted by Gasteiger charge is 2.20.